The monoisotopic (exact) mass is 375 g/mol. The number of rotatable bonds is 7. The minimum Gasteiger partial charge on any atom is -0.495 e. The first kappa shape index (κ1) is 18.3. The summed E-state index contributed by atoms with van der Waals surface area (Å²) in [5, 5.41) is 2.85. The van der Waals surface area contributed by atoms with Crippen molar-refractivity contribution in [1.29, 1.82) is 0 Å². The Morgan fingerprint density at radius 1 is 1.31 bits per heavy atom. The van der Waals surface area contributed by atoms with Crippen LogP contribution < -0.4 is 14.8 Å². The Morgan fingerprint density at radius 3 is 2.69 bits per heavy atom. The Hall–Kier alpha value is -2.45. The largest absolute Gasteiger partial charge is 0.495 e. The minimum atomic E-state index is -3.74. The molecule has 1 saturated carbocycles. The number of ether oxygens (including phenoxy) is 1. The Bertz CT molecular complexity index is 896. The highest BCUT2D eigenvalue weighted by Gasteiger charge is 2.30. The van der Waals surface area contributed by atoms with Gasteiger partial charge in [0.2, 0.25) is 10.0 Å². The number of nitrogens with zero attached hydrogens (tertiary/aromatic N) is 1. The van der Waals surface area contributed by atoms with Crippen molar-refractivity contribution in [3.05, 3.63) is 53.9 Å². The van der Waals surface area contributed by atoms with Gasteiger partial charge in [0, 0.05) is 24.0 Å². The van der Waals surface area contributed by atoms with Gasteiger partial charge in [0.15, 0.2) is 0 Å². The van der Waals surface area contributed by atoms with Crippen LogP contribution >= 0.6 is 0 Å². The van der Waals surface area contributed by atoms with E-state index in [-0.39, 0.29) is 34.2 Å². The van der Waals surface area contributed by atoms with Gasteiger partial charge < -0.3 is 10.1 Å². The second-order valence-electron chi connectivity index (χ2n) is 6.24. The SMILES string of the molecule is COc1ccc(C(=O)N[C@@H](C)c2cccnc2)cc1S(=O)(=O)NC1CC1. The predicted molar refractivity (Wildman–Crippen MR) is 96.5 cm³/mol. The molecule has 1 aromatic carbocycles. The fourth-order valence-electron chi connectivity index (χ4n) is 2.51. The van der Waals surface area contributed by atoms with Crippen molar-refractivity contribution in [2.75, 3.05) is 7.11 Å². The van der Waals surface area contributed by atoms with E-state index in [2.05, 4.69) is 15.0 Å². The Balaban J connectivity index is 1.83. The molecule has 0 saturated heterocycles. The Morgan fingerprint density at radius 2 is 2.08 bits per heavy atom. The summed E-state index contributed by atoms with van der Waals surface area (Å²) in [5.41, 5.74) is 1.11. The molecule has 1 aliphatic carbocycles. The van der Waals surface area contributed by atoms with E-state index in [1.807, 2.05) is 13.0 Å². The van der Waals surface area contributed by atoms with E-state index >= 15 is 0 Å². The van der Waals surface area contributed by atoms with Gasteiger partial charge in [0.05, 0.1) is 13.2 Å². The molecule has 7 nitrogen and oxygen atoms in total. The molecular weight excluding hydrogens is 354 g/mol. The molecule has 0 radical (unpaired) electrons. The number of nitrogens with one attached hydrogen (secondary N) is 2. The van der Waals surface area contributed by atoms with Gasteiger partial charge in [-0.3, -0.25) is 9.78 Å². The number of aromatic nitrogens is 1. The van der Waals surface area contributed by atoms with E-state index in [1.54, 1.807) is 24.5 Å². The number of pyridine rings is 1. The molecule has 1 amide bonds. The summed E-state index contributed by atoms with van der Waals surface area (Å²) in [5.74, 6) is -0.165. The van der Waals surface area contributed by atoms with Crippen LogP contribution in [-0.4, -0.2) is 32.5 Å². The number of sulfonamides is 1. The van der Waals surface area contributed by atoms with Crippen molar-refractivity contribution in [2.45, 2.75) is 36.7 Å². The van der Waals surface area contributed by atoms with Crippen LogP contribution in [0, 0.1) is 0 Å². The molecular formula is C18H21N3O4S. The summed E-state index contributed by atoms with van der Waals surface area (Å²) in [6.07, 6.45) is 4.98. The summed E-state index contributed by atoms with van der Waals surface area (Å²) >= 11 is 0. The van der Waals surface area contributed by atoms with Gasteiger partial charge in [0.1, 0.15) is 10.6 Å². The third-order valence-corrected chi connectivity index (χ3v) is 5.69. The molecule has 2 N–H and O–H groups in total. The number of hydrogen-bond donors (Lipinski definition) is 2. The van der Waals surface area contributed by atoms with E-state index in [0.29, 0.717) is 0 Å². The smallest absolute Gasteiger partial charge is 0.251 e. The maximum absolute atomic E-state index is 12.6. The molecule has 2 aromatic rings. The Labute approximate surface area is 152 Å². The van der Waals surface area contributed by atoms with Crippen molar-refractivity contribution in [3.63, 3.8) is 0 Å². The van der Waals surface area contributed by atoms with Crippen LogP contribution in [0.3, 0.4) is 0 Å². The lowest BCUT2D eigenvalue weighted by atomic mass is 10.1. The van der Waals surface area contributed by atoms with Gasteiger partial charge in [-0.25, -0.2) is 13.1 Å². The third kappa shape index (κ3) is 4.20. The quantitative estimate of drug-likeness (QED) is 0.772. The summed E-state index contributed by atoms with van der Waals surface area (Å²) in [6, 6.07) is 7.73. The first-order valence-corrected chi connectivity index (χ1v) is 9.80. The molecule has 0 aliphatic heterocycles. The molecule has 138 valence electrons. The third-order valence-electron chi connectivity index (χ3n) is 4.15. The molecule has 1 heterocycles. The number of carbonyl (C=O) groups excluding carboxylic acids is 1. The van der Waals surface area contributed by atoms with Gasteiger partial charge in [-0.1, -0.05) is 6.07 Å². The lowest BCUT2D eigenvalue weighted by Gasteiger charge is -2.15. The van der Waals surface area contributed by atoms with Gasteiger partial charge >= 0.3 is 0 Å². The average Bonchev–Trinajstić information content (AvgIpc) is 3.45. The zero-order valence-electron chi connectivity index (χ0n) is 14.6. The number of benzene rings is 1. The molecule has 3 rings (SSSR count). The number of amides is 1. The molecule has 1 aliphatic rings. The average molecular weight is 375 g/mol. The second-order valence-corrected chi connectivity index (χ2v) is 7.93. The maximum Gasteiger partial charge on any atom is 0.251 e. The highest BCUT2D eigenvalue weighted by Crippen LogP contribution is 2.28. The molecule has 26 heavy (non-hydrogen) atoms. The first-order chi connectivity index (χ1) is 12.4. The van der Waals surface area contributed by atoms with Crippen molar-refractivity contribution < 1.29 is 17.9 Å². The number of carbonyl (C=O) groups is 1. The highest BCUT2D eigenvalue weighted by atomic mass is 32.2. The number of hydrogen-bond acceptors (Lipinski definition) is 5. The molecule has 0 unspecified atom stereocenters. The second kappa shape index (κ2) is 7.43. The van der Waals surface area contributed by atoms with Crippen LogP contribution in [0.1, 0.15) is 41.7 Å². The topological polar surface area (TPSA) is 97.4 Å². The Kier molecular flexibility index (Phi) is 5.24. The van der Waals surface area contributed by atoms with E-state index in [9.17, 15) is 13.2 Å². The van der Waals surface area contributed by atoms with Crippen molar-refractivity contribution in [3.8, 4) is 5.75 Å². The van der Waals surface area contributed by atoms with Crippen LogP contribution in [-0.2, 0) is 10.0 Å². The van der Waals surface area contributed by atoms with Gasteiger partial charge in [-0.15, -0.1) is 0 Å². The normalized spacial score (nSPS) is 15.3. The molecule has 0 spiro atoms. The van der Waals surface area contributed by atoms with Crippen LogP contribution in [0.25, 0.3) is 0 Å². The van der Waals surface area contributed by atoms with E-state index in [1.165, 1.54) is 19.2 Å². The summed E-state index contributed by atoms with van der Waals surface area (Å²) in [4.78, 5) is 16.6. The van der Waals surface area contributed by atoms with Gasteiger partial charge in [-0.05, 0) is 49.6 Å². The maximum atomic E-state index is 12.6. The molecule has 1 fully saturated rings. The molecule has 1 aromatic heterocycles. The van der Waals surface area contributed by atoms with Crippen molar-refractivity contribution in [1.82, 2.24) is 15.0 Å². The number of methoxy groups -OCH3 is 1. The van der Waals surface area contributed by atoms with Crippen molar-refractivity contribution in [2.24, 2.45) is 0 Å². The predicted octanol–water partition coefficient (Wildman–Crippen LogP) is 2.02. The van der Waals surface area contributed by atoms with Crippen LogP contribution in [0.5, 0.6) is 5.75 Å². The summed E-state index contributed by atoms with van der Waals surface area (Å²) in [6.45, 7) is 1.84. The highest BCUT2D eigenvalue weighted by molar-refractivity contribution is 7.89. The van der Waals surface area contributed by atoms with E-state index in [0.717, 1.165) is 18.4 Å². The lowest BCUT2D eigenvalue weighted by molar-refractivity contribution is 0.0939. The minimum absolute atomic E-state index is 0.0337. The zero-order valence-corrected chi connectivity index (χ0v) is 15.4. The van der Waals surface area contributed by atoms with Crippen molar-refractivity contribution >= 4 is 15.9 Å². The van der Waals surface area contributed by atoms with Crippen LogP contribution in [0.15, 0.2) is 47.6 Å². The molecule has 1 atom stereocenters. The summed E-state index contributed by atoms with van der Waals surface area (Å²) < 4.78 is 32.9. The lowest BCUT2D eigenvalue weighted by Crippen LogP contribution is -2.28. The van der Waals surface area contributed by atoms with E-state index < -0.39 is 10.0 Å². The fraction of sp³-hybridized carbons (Fsp3) is 0.333. The van der Waals surface area contributed by atoms with E-state index in [4.69, 9.17) is 4.74 Å². The molecule has 0 bridgehead atoms. The van der Waals surface area contributed by atoms with Gasteiger partial charge in [0.25, 0.3) is 5.91 Å². The standard InChI is InChI=1S/C18H21N3O4S/c1-12(14-4-3-9-19-11-14)20-18(22)13-5-8-16(25-2)17(10-13)26(23,24)21-15-6-7-15/h3-5,8-12,15,21H,6-7H2,1-2H3,(H,20,22)/t12-/m0/s1. The van der Waals surface area contributed by atoms with Crippen LogP contribution in [0.2, 0.25) is 0 Å². The first-order valence-electron chi connectivity index (χ1n) is 8.32. The zero-order chi connectivity index (χ0) is 18.7. The summed E-state index contributed by atoms with van der Waals surface area (Å²) in [7, 11) is -2.34. The molecule has 8 heteroatoms. The fourth-order valence-corrected chi connectivity index (χ4v) is 4.01. The van der Waals surface area contributed by atoms with Gasteiger partial charge in [-0.2, -0.15) is 0 Å². The van der Waals surface area contributed by atoms with Crippen LogP contribution in [0.4, 0.5) is 0 Å².